The lowest BCUT2D eigenvalue weighted by Crippen LogP contribution is -2.21. The molecular formula is C14H24N4. The van der Waals surface area contributed by atoms with Gasteiger partial charge in [-0.1, -0.05) is 6.08 Å². The second-order valence-corrected chi connectivity index (χ2v) is 4.97. The van der Waals surface area contributed by atoms with Crippen molar-refractivity contribution in [2.45, 2.75) is 32.7 Å². The molecule has 0 aromatic carbocycles. The molecule has 1 aromatic rings. The van der Waals surface area contributed by atoms with Crippen LogP contribution in [0.5, 0.6) is 0 Å². The van der Waals surface area contributed by atoms with Gasteiger partial charge >= 0.3 is 0 Å². The van der Waals surface area contributed by atoms with Gasteiger partial charge in [-0.3, -0.25) is 0 Å². The number of hydrogen-bond donors (Lipinski definition) is 1. The van der Waals surface area contributed by atoms with E-state index < -0.39 is 0 Å². The fraction of sp³-hybridized carbons (Fsp3) is 0.643. The standard InChI is InChI=1S/C14H24N4/c1-3-7-15-14-16-13(2)12-18(14)11-6-10-17-8-4-5-9-17/h3,12H,1,4-11H2,2H3,(H,15,16). The Morgan fingerprint density at radius 1 is 1.39 bits per heavy atom. The minimum absolute atomic E-state index is 0.766. The van der Waals surface area contributed by atoms with Crippen LogP contribution in [0.15, 0.2) is 18.9 Å². The van der Waals surface area contributed by atoms with Crippen LogP contribution >= 0.6 is 0 Å². The highest BCUT2D eigenvalue weighted by Gasteiger charge is 2.11. The van der Waals surface area contributed by atoms with E-state index in [9.17, 15) is 0 Å². The number of imidazole rings is 1. The summed E-state index contributed by atoms with van der Waals surface area (Å²) in [6.07, 6.45) is 7.92. The monoisotopic (exact) mass is 248 g/mol. The second-order valence-electron chi connectivity index (χ2n) is 4.97. The summed E-state index contributed by atoms with van der Waals surface area (Å²) >= 11 is 0. The zero-order valence-corrected chi connectivity index (χ0v) is 11.4. The normalized spacial score (nSPS) is 16.1. The predicted octanol–water partition coefficient (Wildman–Crippen LogP) is 2.28. The molecule has 4 nitrogen and oxygen atoms in total. The molecule has 1 fully saturated rings. The van der Waals surface area contributed by atoms with Gasteiger partial charge in [-0.05, 0) is 45.8 Å². The molecule has 0 spiro atoms. The highest BCUT2D eigenvalue weighted by atomic mass is 15.2. The first-order chi connectivity index (χ1) is 8.79. The summed E-state index contributed by atoms with van der Waals surface area (Å²) in [5.74, 6) is 0.967. The zero-order chi connectivity index (χ0) is 12.8. The summed E-state index contributed by atoms with van der Waals surface area (Å²) in [5.41, 5.74) is 1.07. The summed E-state index contributed by atoms with van der Waals surface area (Å²) in [7, 11) is 0. The third-order valence-corrected chi connectivity index (χ3v) is 3.37. The Morgan fingerprint density at radius 2 is 2.17 bits per heavy atom. The lowest BCUT2D eigenvalue weighted by atomic mass is 10.4. The maximum atomic E-state index is 4.49. The maximum absolute atomic E-state index is 4.49. The van der Waals surface area contributed by atoms with Gasteiger partial charge in [0.2, 0.25) is 5.95 Å². The minimum atomic E-state index is 0.766. The molecule has 2 heterocycles. The fourth-order valence-corrected chi connectivity index (χ4v) is 2.49. The van der Waals surface area contributed by atoms with Crippen LogP contribution in [0.3, 0.4) is 0 Å². The highest BCUT2D eigenvalue weighted by Crippen LogP contribution is 2.11. The van der Waals surface area contributed by atoms with Crippen molar-refractivity contribution in [3.05, 3.63) is 24.5 Å². The third-order valence-electron chi connectivity index (χ3n) is 3.37. The number of aryl methyl sites for hydroxylation is 2. The quantitative estimate of drug-likeness (QED) is 0.752. The molecule has 0 aliphatic carbocycles. The number of nitrogens with zero attached hydrogens (tertiary/aromatic N) is 3. The van der Waals surface area contributed by atoms with E-state index >= 15 is 0 Å². The van der Waals surface area contributed by atoms with Gasteiger partial charge < -0.3 is 14.8 Å². The Kier molecular flexibility index (Phi) is 4.81. The molecule has 1 saturated heterocycles. The van der Waals surface area contributed by atoms with E-state index in [2.05, 4.69) is 32.5 Å². The van der Waals surface area contributed by atoms with Gasteiger partial charge in [-0.25, -0.2) is 4.98 Å². The lowest BCUT2D eigenvalue weighted by Gasteiger charge is -2.15. The van der Waals surface area contributed by atoms with Crippen molar-refractivity contribution in [1.82, 2.24) is 14.5 Å². The summed E-state index contributed by atoms with van der Waals surface area (Å²) in [6.45, 7) is 11.3. The van der Waals surface area contributed by atoms with Crippen LogP contribution in [0.4, 0.5) is 5.95 Å². The number of aromatic nitrogens is 2. The number of likely N-dealkylation sites (tertiary alicyclic amines) is 1. The summed E-state index contributed by atoms with van der Waals surface area (Å²) in [6, 6.07) is 0. The van der Waals surface area contributed by atoms with Crippen LogP contribution in [0, 0.1) is 6.92 Å². The van der Waals surface area contributed by atoms with Crippen molar-refractivity contribution in [3.63, 3.8) is 0 Å². The van der Waals surface area contributed by atoms with Crippen molar-refractivity contribution in [3.8, 4) is 0 Å². The second kappa shape index (κ2) is 6.59. The Hall–Kier alpha value is -1.29. The Bertz CT molecular complexity index is 377. The lowest BCUT2D eigenvalue weighted by molar-refractivity contribution is 0.325. The molecule has 1 N–H and O–H groups in total. The average Bonchev–Trinajstić information content (AvgIpc) is 2.97. The molecule has 1 aliphatic heterocycles. The first kappa shape index (κ1) is 13.1. The first-order valence-corrected chi connectivity index (χ1v) is 6.90. The Balaban J connectivity index is 1.81. The van der Waals surface area contributed by atoms with Crippen molar-refractivity contribution in [2.75, 3.05) is 31.5 Å². The number of nitrogens with one attached hydrogen (secondary N) is 1. The topological polar surface area (TPSA) is 33.1 Å². The van der Waals surface area contributed by atoms with Gasteiger partial charge in [0.25, 0.3) is 0 Å². The van der Waals surface area contributed by atoms with E-state index in [1.54, 1.807) is 0 Å². The van der Waals surface area contributed by atoms with Crippen molar-refractivity contribution in [1.29, 1.82) is 0 Å². The summed E-state index contributed by atoms with van der Waals surface area (Å²) < 4.78 is 2.22. The molecule has 1 aromatic heterocycles. The first-order valence-electron chi connectivity index (χ1n) is 6.90. The molecule has 0 bridgehead atoms. The molecule has 18 heavy (non-hydrogen) atoms. The van der Waals surface area contributed by atoms with E-state index in [1.165, 1.54) is 38.9 Å². The third kappa shape index (κ3) is 3.60. The fourth-order valence-electron chi connectivity index (χ4n) is 2.49. The molecule has 0 unspecified atom stereocenters. The van der Waals surface area contributed by atoms with Gasteiger partial charge in [0, 0.05) is 19.3 Å². The van der Waals surface area contributed by atoms with Crippen molar-refractivity contribution in [2.24, 2.45) is 0 Å². The molecule has 0 saturated carbocycles. The molecular weight excluding hydrogens is 224 g/mol. The van der Waals surface area contributed by atoms with E-state index in [0.29, 0.717) is 0 Å². The van der Waals surface area contributed by atoms with E-state index in [0.717, 1.165) is 24.7 Å². The molecule has 0 atom stereocenters. The zero-order valence-electron chi connectivity index (χ0n) is 11.4. The molecule has 1 aliphatic rings. The average molecular weight is 248 g/mol. The predicted molar refractivity (Wildman–Crippen MR) is 75.9 cm³/mol. The van der Waals surface area contributed by atoms with Crippen LogP contribution < -0.4 is 5.32 Å². The Labute approximate surface area is 110 Å². The maximum Gasteiger partial charge on any atom is 0.203 e. The number of rotatable bonds is 7. The van der Waals surface area contributed by atoms with Crippen molar-refractivity contribution >= 4 is 5.95 Å². The summed E-state index contributed by atoms with van der Waals surface area (Å²) in [5, 5.41) is 3.28. The van der Waals surface area contributed by atoms with Crippen LogP contribution in [0.2, 0.25) is 0 Å². The van der Waals surface area contributed by atoms with Gasteiger partial charge in [0.15, 0.2) is 0 Å². The summed E-state index contributed by atoms with van der Waals surface area (Å²) in [4.78, 5) is 7.05. The van der Waals surface area contributed by atoms with Crippen LogP contribution in [-0.4, -0.2) is 40.6 Å². The van der Waals surface area contributed by atoms with Crippen LogP contribution in [-0.2, 0) is 6.54 Å². The highest BCUT2D eigenvalue weighted by molar-refractivity contribution is 5.29. The number of hydrogen-bond acceptors (Lipinski definition) is 3. The number of anilines is 1. The molecule has 2 rings (SSSR count). The smallest absolute Gasteiger partial charge is 0.203 e. The van der Waals surface area contributed by atoms with Gasteiger partial charge in [-0.2, -0.15) is 0 Å². The van der Waals surface area contributed by atoms with E-state index in [1.807, 2.05) is 13.0 Å². The van der Waals surface area contributed by atoms with Gasteiger partial charge in [0.1, 0.15) is 0 Å². The van der Waals surface area contributed by atoms with Gasteiger partial charge in [0.05, 0.1) is 5.69 Å². The Morgan fingerprint density at radius 3 is 2.89 bits per heavy atom. The van der Waals surface area contributed by atoms with E-state index in [4.69, 9.17) is 0 Å². The van der Waals surface area contributed by atoms with Crippen LogP contribution in [0.25, 0.3) is 0 Å². The van der Waals surface area contributed by atoms with Gasteiger partial charge in [-0.15, -0.1) is 6.58 Å². The van der Waals surface area contributed by atoms with Crippen molar-refractivity contribution < 1.29 is 0 Å². The van der Waals surface area contributed by atoms with E-state index in [-0.39, 0.29) is 0 Å². The molecule has 0 radical (unpaired) electrons. The molecule has 100 valence electrons. The largest absolute Gasteiger partial charge is 0.352 e. The SMILES string of the molecule is C=CCNc1nc(C)cn1CCCN1CCCC1. The van der Waals surface area contributed by atoms with Crippen LogP contribution in [0.1, 0.15) is 25.0 Å². The molecule has 4 heteroatoms. The minimum Gasteiger partial charge on any atom is -0.352 e. The molecule has 0 amide bonds.